The molecule has 0 spiro atoms. The number of rotatable bonds is 3. The zero-order chi connectivity index (χ0) is 13.0. The Kier molecular flexibility index (Phi) is 4.18. The van der Waals surface area contributed by atoms with E-state index < -0.39 is 0 Å². The Morgan fingerprint density at radius 1 is 1.39 bits per heavy atom. The lowest BCUT2D eigenvalue weighted by molar-refractivity contribution is 0.0953. The quantitative estimate of drug-likeness (QED) is 0.659. The zero-order valence-corrected chi connectivity index (χ0v) is 11.0. The summed E-state index contributed by atoms with van der Waals surface area (Å²) in [5.74, 6) is 1.70. The number of carbonyl (C=O) groups is 1. The van der Waals surface area contributed by atoms with Crippen LogP contribution in [0, 0.1) is 19.8 Å². The molecule has 1 amide bonds. The van der Waals surface area contributed by atoms with E-state index in [1.54, 1.807) is 13.0 Å². The number of aryl methyl sites for hydroxylation is 2. The number of nitrogens with zero attached hydrogens (tertiary/aromatic N) is 1. The van der Waals surface area contributed by atoms with Gasteiger partial charge in [-0.1, -0.05) is 19.3 Å². The summed E-state index contributed by atoms with van der Waals surface area (Å²) < 4.78 is 5.32. The van der Waals surface area contributed by atoms with Crippen molar-refractivity contribution in [1.29, 1.82) is 0 Å². The molecule has 0 radical (unpaired) electrons. The lowest BCUT2D eigenvalue weighted by Gasteiger charge is -2.16. The number of furan rings is 1. The molecule has 2 rings (SSSR count). The summed E-state index contributed by atoms with van der Waals surface area (Å²) in [7, 11) is 0. The Balaban J connectivity index is 1.87. The predicted octanol–water partition coefficient (Wildman–Crippen LogP) is 3.19. The number of hydrazone groups is 1. The number of hydrogen-bond donors (Lipinski definition) is 1. The van der Waals surface area contributed by atoms with Crippen LogP contribution in [0.4, 0.5) is 0 Å². The lowest BCUT2D eigenvalue weighted by atomic mass is 9.90. The molecule has 1 N–H and O–H groups in total. The summed E-state index contributed by atoms with van der Waals surface area (Å²) in [6.07, 6.45) is 8.10. The van der Waals surface area contributed by atoms with Crippen LogP contribution in [-0.4, -0.2) is 12.1 Å². The molecule has 0 aromatic carbocycles. The van der Waals surface area contributed by atoms with Crippen LogP contribution in [0.2, 0.25) is 0 Å². The van der Waals surface area contributed by atoms with Gasteiger partial charge in [-0.3, -0.25) is 4.79 Å². The van der Waals surface area contributed by atoms with E-state index in [0.29, 0.717) is 17.2 Å². The highest BCUT2D eigenvalue weighted by Gasteiger charge is 2.13. The van der Waals surface area contributed by atoms with Crippen LogP contribution < -0.4 is 5.43 Å². The van der Waals surface area contributed by atoms with Gasteiger partial charge in [-0.05, 0) is 38.7 Å². The minimum Gasteiger partial charge on any atom is -0.466 e. The molecule has 4 nitrogen and oxygen atoms in total. The first kappa shape index (κ1) is 12.9. The standard InChI is InChI=1S/C14H20N2O2/c1-10-8-13(11(2)18-10)14(17)16-15-9-12-6-4-3-5-7-12/h8-9,12H,3-7H2,1-2H3,(H,16,17). The highest BCUT2D eigenvalue weighted by atomic mass is 16.3. The first-order chi connectivity index (χ1) is 8.66. The van der Waals surface area contributed by atoms with Gasteiger partial charge in [0, 0.05) is 6.21 Å². The van der Waals surface area contributed by atoms with E-state index in [4.69, 9.17) is 4.42 Å². The molecule has 0 aliphatic heterocycles. The Morgan fingerprint density at radius 2 is 2.11 bits per heavy atom. The molecule has 1 heterocycles. The molecule has 0 unspecified atom stereocenters. The third-order valence-electron chi connectivity index (χ3n) is 3.39. The minimum absolute atomic E-state index is 0.198. The predicted molar refractivity (Wildman–Crippen MR) is 70.7 cm³/mol. The molecule has 1 aliphatic rings. The summed E-state index contributed by atoms with van der Waals surface area (Å²) in [5, 5.41) is 4.06. The molecule has 1 fully saturated rings. The highest BCUT2D eigenvalue weighted by Crippen LogP contribution is 2.21. The molecule has 4 heteroatoms. The van der Waals surface area contributed by atoms with Crippen molar-refractivity contribution in [2.24, 2.45) is 11.0 Å². The van der Waals surface area contributed by atoms with Crippen LogP contribution in [0.5, 0.6) is 0 Å². The van der Waals surface area contributed by atoms with Crippen molar-refractivity contribution < 1.29 is 9.21 Å². The smallest absolute Gasteiger partial charge is 0.274 e. The van der Waals surface area contributed by atoms with E-state index in [1.165, 1.54) is 32.1 Å². The minimum atomic E-state index is -0.198. The van der Waals surface area contributed by atoms with Crippen LogP contribution in [0.3, 0.4) is 0 Å². The fourth-order valence-corrected chi connectivity index (χ4v) is 2.40. The molecule has 1 aromatic heterocycles. The molecule has 98 valence electrons. The largest absolute Gasteiger partial charge is 0.466 e. The van der Waals surface area contributed by atoms with Crippen LogP contribution >= 0.6 is 0 Å². The summed E-state index contributed by atoms with van der Waals surface area (Å²) in [6.45, 7) is 3.61. The topological polar surface area (TPSA) is 54.6 Å². The van der Waals surface area contributed by atoms with E-state index in [0.717, 1.165) is 5.76 Å². The van der Waals surface area contributed by atoms with Gasteiger partial charge in [-0.2, -0.15) is 5.10 Å². The van der Waals surface area contributed by atoms with Crippen molar-refractivity contribution >= 4 is 12.1 Å². The molecule has 1 aliphatic carbocycles. The van der Waals surface area contributed by atoms with Crippen molar-refractivity contribution in [2.75, 3.05) is 0 Å². The molecule has 0 saturated heterocycles. The van der Waals surface area contributed by atoms with Crippen LogP contribution in [0.15, 0.2) is 15.6 Å². The van der Waals surface area contributed by atoms with Crippen molar-refractivity contribution in [1.82, 2.24) is 5.43 Å². The van der Waals surface area contributed by atoms with Gasteiger partial charge < -0.3 is 4.42 Å². The van der Waals surface area contributed by atoms with Crippen LogP contribution in [0.1, 0.15) is 54.0 Å². The van der Waals surface area contributed by atoms with Gasteiger partial charge in [-0.25, -0.2) is 5.43 Å². The third-order valence-corrected chi connectivity index (χ3v) is 3.39. The molecular weight excluding hydrogens is 228 g/mol. The van der Waals surface area contributed by atoms with Crippen LogP contribution in [-0.2, 0) is 0 Å². The summed E-state index contributed by atoms with van der Waals surface area (Å²) >= 11 is 0. The molecule has 1 aromatic rings. The first-order valence-electron chi connectivity index (χ1n) is 6.57. The lowest BCUT2D eigenvalue weighted by Crippen LogP contribution is -2.19. The van der Waals surface area contributed by atoms with Gasteiger partial charge in [0.1, 0.15) is 11.5 Å². The number of nitrogens with one attached hydrogen (secondary N) is 1. The van der Waals surface area contributed by atoms with E-state index >= 15 is 0 Å². The van der Waals surface area contributed by atoms with Crippen molar-refractivity contribution in [3.05, 3.63) is 23.2 Å². The third kappa shape index (κ3) is 3.22. The van der Waals surface area contributed by atoms with Gasteiger partial charge in [0.25, 0.3) is 5.91 Å². The second kappa shape index (κ2) is 5.85. The Bertz CT molecular complexity index is 443. The SMILES string of the molecule is Cc1cc(C(=O)NN=CC2CCCCC2)c(C)o1. The zero-order valence-electron chi connectivity index (χ0n) is 11.0. The summed E-state index contributed by atoms with van der Waals surface area (Å²) in [4.78, 5) is 11.8. The maximum absolute atomic E-state index is 11.8. The highest BCUT2D eigenvalue weighted by molar-refractivity contribution is 5.95. The molecular formula is C14H20N2O2. The monoisotopic (exact) mass is 248 g/mol. The Labute approximate surface area is 107 Å². The number of carbonyl (C=O) groups excluding carboxylic acids is 1. The van der Waals surface area contributed by atoms with E-state index in [9.17, 15) is 4.79 Å². The Morgan fingerprint density at radius 3 is 2.72 bits per heavy atom. The van der Waals surface area contributed by atoms with Gasteiger partial charge in [-0.15, -0.1) is 0 Å². The van der Waals surface area contributed by atoms with Crippen molar-refractivity contribution in [3.63, 3.8) is 0 Å². The maximum atomic E-state index is 11.8. The first-order valence-corrected chi connectivity index (χ1v) is 6.57. The summed E-state index contributed by atoms with van der Waals surface area (Å²) in [6, 6.07) is 1.74. The molecule has 18 heavy (non-hydrogen) atoms. The average Bonchev–Trinajstić information content (AvgIpc) is 2.70. The fourth-order valence-electron chi connectivity index (χ4n) is 2.40. The number of amides is 1. The van der Waals surface area contributed by atoms with Crippen molar-refractivity contribution in [2.45, 2.75) is 46.0 Å². The van der Waals surface area contributed by atoms with Gasteiger partial charge >= 0.3 is 0 Å². The van der Waals surface area contributed by atoms with E-state index in [-0.39, 0.29) is 5.91 Å². The fraction of sp³-hybridized carbons (Fsp3) is 0.571. The molecule has 0 atom stereocenters. The maximum Gasteiger partial charge on any atom is 0.274 e. The summed E-state index contributed by atoms with van der Waals surface area (Å²) in [5.41, 5.74) is 3.13. The van der Waals surface area contributed by atoms with E-state index in [1.807, 2.05) is 13.1 Å². The van der Waals surface area contributed by atoms with Gasteiger partial charge in [0.2, 0.25) is 0 Å². The van der Waals surface area contributed by atoms with Gasteiger partial charge in [0.05, 0.1) is 5.56 Å². The average molecular weight is 248 g/mol. The van der Waals surface area contributed by atoms with E-state index in [2.05, 4.69) is 10.5 Å². The second-order valence-electron chi connectivity index (χ2n) is 4.94. The molecule has 0 bridgehead atoms. The van der Waals surface area contributed by atoms with Crippen molar-refractivity contribution in [3.8, 4) is 0 Å². The van der Waals surface area contributed by atoms with Crippen LogP contribution in [0.25, 0.3) is 0 Å². The van der Waals surface area contributed by atoms with Gasteiger partial charge in [0.15, 0.2) is 0 Å². The Hall–Kier alpha value is -1.58. The normalized spacial score (nSPS) is 17.2. The number of hydrogen-bond acceptors (Lipinski definition) is 3. The molecule has 1 saturated carbocycles. The second-order valence-corrected chi connectivity index (χ2v) is 4.94.